The molecule has 126 valence electrons. The molecule has 0 aliphatic rings. The number of benzene rings is 1. The standard InChI is InChI=1S/C18H21N3O2S/c1-11-14(13(3)23-20-11)9-10-17(22)21(4)12(2)18-19-15-7-5-6-8-16(15)24-18/h5-8,12H,9-10H2,1-4H3/t12-/m1/s1. The summed E-state index contributed by atoms with van der Waals surface area (Å²) in [5, 5.41) is 4.90. The van der Waals surface area contributed by atoms with Crippen LogP contribution in [0.15, 0.2) is 28.8 Å². The second-order valence-electron chi connectivity index (χ2n) is 6.00. The molecule has 3 aromatic rings. The maximum absolute atomic E-state index is 12.5. The van der Waals surface area contributed by atoms with Gasteiger partial charge in [-0.3, -0.25) is 4.79 Å². The molecule has 0 N–H and O–H groups in total. The van der Waals surface area contributed by atoms with Gasteiger partial charge in [-0.1, -0.05) is 17.3 Å². The highest BCUT2D eigenvalue weighted by Crippen LogP contribution is 2.29. The Morgan fingerprint density at radius 1 is 1.33 bits per heavy atom. The number of hydrogen-bond donors (Lipinski definition) is 0. The zero-order chi connectivity index (χ0) is 17.3. The fraction of sp³-hybridized carbons (Fsp3) is 0.389. The van der Waals surface area contributed by atoms with E-state index in [0.29, 0.717) is 12.8 Å². The summed E-state index contributed by atoms with van der Waals surface area (Å²) in [6.45, 7) is 5.81. The maximum atomic E-state index is 12.5. The first kappa shape index (κ1) is 16.6. The lowest BCUT2D eigenvalue weighted by Gasteiger charge is -2.23. The fourth-order valence-corrected chi connectivity index (χ4v) is 3.78. The summed E-state index contributed by atoms with van der Waals surface area (Å²) in [7, 11) is 1.84. The van der Waals surface area contributed by atoms with E-state index in [2.05, 4.69) is 16.2 Å². The van der Waals surface area contributed by atoms with Crippen LogP contribution >= 0.6 is 11.3 Å². The number of fused-ring (bicyclic) bond motifs is 1. The van der Waals surface area contributed by atoms with Crippen molar-refractivity contribution in [1.29, 1.82) is 0 Å². The van der Waals surface area contributed by atoms with E-state index in [0.717, 1.165) is 32.2 Å². The fourth-order valence-electron chi connectivity index (χ4n) is 2.72. The van der Waals surface area contributed by atoms with Crippen LogP contribution in [0, 0.1) is 13.8 Å². The number of hydrogen-bond acceptors (Lipinski definition) is 5. The van der Waals surface area contributed by atoms with E-state index in [4.69, 9.17) is 4.52 Å². The lowest BCUT2D eigenvalue weighted by Crippen LogP contribution is -2.29. The third-order valence-electron chi connectivity index (χ3n) is 4.41. The molecule has 0 unspecified atom stereocenters. The van der Waals surface area contributed by atoms with Crippen LogP contribution in [0.4, 0.5) is 0 Å². The van der Waals surface area contributed by atoms with Crippen LogP contribution in [0.2, 0.25) is 0 Å². The molecular formula is C18H21N3O2S. The minimum absolute atomic E-state index is 0.0421. The van der Waals surface area contributed by atoms with Crippen LogP contribution in [0.25, 0.3) is 10.2 Å². The molecule has 1 aromatic carbocycles. The van der Waals surface area contributed by atoms with Gasteiger partial charge in [0.25, 0.3) is 0 Å². The van der Waals surface area contributed by atoms with Crippen molar-refractivity contribution in [3.8, 4) is 0 Å². The molecule has 1 amide bonds. The number of aromatic nitrogens is 2. The molecule has 1 atom stereocenters. The van der Waals surface area contributed by atoms with Crippen molar-refractivity contribution in [3.63, 3.8) is 0 Å². The number of aryl methyl sites for hydroxylation is 2. The zero-order valence-corrected chi connectivity index (χ0v) is 15.2. The van der Waals surface area contributed by atoms with Crippen LogP contribution in [0.5, 0.6) is 0 Å². The number of carbonyl (C=O) groups excluding carboxylic acids is 1. The van der Waals surface area contributed by atoms with E-state index in [1.54, 1.807) is 16.2 Å². The van der Waals surface area contributed by atoms with E-state index in [9.17, 15) is 4.79 Å². The molecule has 0 aliphatic carbocycles. The molecule has 0 saturated heterocycles. The van der Waals surface area contributed by atoms with E-state index >= 15 is 0 Å². The summed E-state index contributed by atoms with van der Waals surface area (Å²) < 4.78 is 6.30. The molecule has 0 fully saturated rings. The van der Waals surface area contributed by atoms with Crippen LogP contribution < -0.4 is 0 Å². The highest BCUT2D eigenvalue weighted by atomic mass is 32.1. The number of thiazole rings is 1. The van der Waals surface area contributed by atoms with Gasteiger partial charge in [-0.15, -0.1) is 11.3 Å². The Balaban J connectivity index is 1.68. The Morgan fingerprint density at radius 3 is 2.75 bits per heavy atom. The summed E-state index contributed by atoms with van der Waals surface area (Å²) in [5.74, 6) is 0.893. The van der Waals surface area contributed by atoms with Crippen molar-refractivity contribution in [2.75, 3.05) is 7.05 Å². The van der Waals surface area contributed by atoms with Crippen LogP contribution in [0.1, 0.15) is 41.4 Å². The smallest absolute Gasteiger partial charge is 0.223 e. The van der Waals surface area contributed by atoms with Gasteiger partial charge in [0, 0.05) is 19.0 Å². The molecule has 24 heavy (non-hydrogen) atoms. The van der Waals surface area contributed by atoms with Gasteiger partial charge in [-0.05, 0) is 39.3 Å². The van der Waals surface area contributed by atoms with E-state index in [1.807, 2.05) is 46.0 Å². The first-order chi connectivity index (χ1) is 11.5. The quantitative estimate of drug-likeness (QED) is 0.701. The Hall–Kier alpha value is -2.21. The summed E-state index contributed by atoms with van der Waals surface area (Å²) in [6.07, 6.45) is 1.09. The minimum atomic E-state index is -0.0421. The lowest BCUT2D eigenvalue weighted by atomic mass is 10.1. The van der Waals surface area contributed by atoms with Crippen molar-refractivity contribution >= 4 is 27.5 Å². The monoisotopic (exact) mass is 343 g/mol. The topological polar surface area (TPSA) is 59.2 Å². The normalized spacial score (nSPS) is 12.5. The molecule has 3 rings (SSSR count). The predicted octanol–water partition coefficient (Wildman–Crippen LogP) is 4.05. The lowest BCUT2D eigenvalue weighted by molar-refractivity contribution is -0.131. The highest BCUT2D eigenvalue weighted by molar-refractivity contribution is 7.18. The van der Waals surface area contributed by atoms with Crippen molar-refractivity contribution < 1.29 is 9.32 Å². The van der Waals surface area contributed by atoms with Gasteiger partial charge in [-0.25, -0.2) is 4.98 Å². The van der Waals surface area contributed by atoms with Gasteiger partial charge in [-0.2, -0.15) is 0 Å². The van der Waals surface area contributed by atoms with Crippen LogP contribution in [-0.2, 0) is 11.2 Å². The van der Waals surface area contributed by atoms with Gasteiger partial charge >= 0.3 is 0 Å². The van der Waals surface area contributed by atoms with Crippen molar-refractivity contribution in [2.24, 2.45) is 0 Å². The second-order valence-corrected chi connectivity index (χ2v) is 7.07. The summed E-state index contributed by atoms with van der Waals surface area (Å²) in [5.41, 5.74) is 2.88. The molecule has 0 spiro atoms. The first-order valence-electron chi connectivity index (χ1n) is 8.00. The van der Waals surface area contributed by atoms with Crippen LogP contribution in [-0.4, -0.2) is 28.0 Å². The van der Waals surface area contributed by atoms with Gasteiger partial charge in [0.2, 0.25) is 5.91 Å². The molecular weight excluding hydrogens is 322 g/mol. The Kier molecular flexibility index (Phi) is 4.66. The molecule has 0 aliphatic heterocycles. The molecule has 2 aromatic heterocycles. The number of carbonyl (C=O) groups is 1. The Morgan fingerprint density at radius 2 is 2.08 bits per heavy atom. The molecule has 0 saturated carbocycles. The third-order valence-corrected chi connectivity index (χ3v) is 5.62. The van der Waals surface area contributed by atoms with Gasteiger partial charge in [0.05, 0.1) is 22.0 Å². The minimum Gasteiger partial charge on any atom is -0.361 e. The third kappa shape index (κ3) is 3.19. The number of rotatable bonds is 5. The summed E-state index contributed by atoms with van der Waals surface area (Å²) in [6, 6.07) is 8.01. The Bertz CT molecular complexity index is 816. The average molecular weight is 343 g/mol. The highest BCUT2D eigenvalue weighted by Gasteiger charge is 2.21. The molecule has 0 bridgehead atoms. The number of nitrogens with zero attached hydrogens (tertiary/aromatic N) is 3. The van der Waals surface area contributed by atoms with E-state index in [-0.39, 0.29) is 11.9 Å². The second kappa shape index (κ2) is 6.73. The predicted molar refractivity (Wildman–Crippen MR) is 95.1 cm³/mol. The first-order valence-corrected chi connectivity index (χ1v) is 8.82. The number of amides is 1. The van der Waals surface area contributed by atoms with Gasteiger partial charge in [0.1, 0.15) is 10.8 Å². The van der Waals surface area contributed by atoms with Crippen molar-refractivity contribution in [2.45, 2.75) is 39.7 Å². The zero-order valence-electron chi connectivity index (χ0n) is 14.4. The molecule has 0 radical (unpaired) electrons. The van der Waals surface area contributed by atoms with Crippen molar-refractivity contribution in [1.82, 2.24) is 15.0 Å². The summed E-state index contributed by atoms with van der Waals surface area (Å²) in [4.78, 5) is 19.0. The van der Waals surface area contributed by atoms with Crippen molar-refractivity contribution in [3.05, 3.63) is 46.3 Å². The van der Waals surface area contributed by atoms with Gasteiger partial charge in [0.15, 0.2) is 0 Å². The summed E-state index contributed by atoms with van der Waals surface area (Å²) >= 11 is 1.64. The maximum Gasteiger partial charge on any atom is 0.223 e. The van der Waals surface area contributed by atoms with Crippen LogP contribution in [0.3, 0.4) is 0 Å². The SMILES string of the molecule is Cc1noc(C)c1CCC(=O)N(C)[C@H](C)c1nc2ccccc2s1. The molecule has 5 nitrogen and oxygen atoms in total. The number of para-hydroxylation sites is 1. The molecule has 2 heterocycles. The Labute approximate surface area is 145 Å². The van der Waals surface area contributed by atoms with Gasteiger partial charge < -0.3 is 9.42 Å². The van der Waals surface area contributed by atoms with E-state index < -0.39 is 0 Å². The van der Waals surface area contributed by atoms with E-state index in [1.165, 1.54) is 0 Å². The largest absolute Gasteiger partial charge is 0.361 e. The average Bonchev–Trinajstić information content (AvgIpc) is 3.15. The molecule has 6 heteroatoms.